The third-order valence-corrected chi connectivity index (χ3v) is 17.7. The molecule has 3 saturated carbocycles. The van der Waals surface area contributed by atoms with Gasteiger partial charge < -0.3 is 89.0 Å². The van der Waals surface area contributed by atoms with Gasteiger partial charge in [-0.05, 0) is 91.8 Å². The van der Waals surface area contributed by atoms with Gasteiger partial charge in [0, 0.05) is 12.3 Å². The molecule has 0 bridgehead atoms. The van der Waals surface area contributed by atoms with E-state index < -0.39 is 118 Å². The van der Waals surface area contributed by atoms with E-state index in [1.54, 1.807) is 0 Å². The van der Waals surface area contributed by atoms with Crippen LogP contribution in [0.1, 0.15) is 85.5 Å². The van der Waals surface area contributed by atoms with E-state index in [-0.39, 0.29) is 23.0 Å². The van der Waals surface area contributed by atoms with Crippen molar-refractivity contribution in [2.75, 3.05) is 26.4 Å². The summed E-state index contributed by atoms with van der Waals surface area (Å²) >= 11 is 0. The van der Waals surface area contributed by atoms with Gasteiger partial charge >= 0.3 is 0 Å². The minimum Gasteiger partial charge on any atom is -0.394 e. The Morgan fingerprint density at radius 3 is 1.95 bits per heavy atom. The molecule has 0 radical (unpaired) electrons. The van der Waals surface area contributed by atoms with Crippen LogP contribution in [0.25, 0.3) is 0 Å². The topological polar surface area (TPSA) is 276 Å². The molecule has 0 aromatic heterocycles. The van der Waals surface area contributed by atoms with Gasteiger partial charge in [-0.15, -0.1) is 0 Å². The first kappa shape index (κ1) is 47.1. The lowest BCUT2D eigenvalue weighted by atomic mass is 9.47. The van der Waals surface area contributed by atoms with Crippen LogP contribution in [-0.2, 0) is 37.9 Å². The quantitative estimate of drug-likeness (QED) is 0.127. The van der Waals surface area contributed by atoms with Crippen LogP contribution in [0.15, 0.2) is 11.6 Å². The number of allylic oxidation sites excluding steroid dienone is 1. The van der Waals surface area contributed by atoms with Crippen LogP contribution in [0, 0.1) is 46.3 Å². The molecule has 9 aliphatic rings. The Hall–Kier alpha value is -0.980. The molecule has 360 valence electrons. The standard InChI is InChI=1S/C45H72O18/c1-19-7-12-45(56-18-19)20(2)30-26(63-45)14-25-23-6-5-21-13-22(8-10-43(21,3)24(23)9-11-44(25,30)4)57-40-37(55)35(53)38(29(17-48)60-40)61-42-39(34(52)32(50)28(16-47)59-42)62-41-36(54)33(51)31(49)27(15-46)58-41/h5,19-20,22-42,46-55H,6-18H2,1-4H3/t19-,20+,22+,23-,24+,25+,26+,27-,28-,29-,30+,31-,32-,33+,34+,35-,36-,37-,38-,39-,40-,41+,42+,43+,44+,45-/m1/s1. The number of fused-ring (bicyclic) bond motifs is 7. The monoisotopic (exact) mass is 900 g/mol. The van der Waals surface area contributed by atoms with Gasteiger partial charge in [0.25, 0.3) is 0 Å². The van der Waals surface area contributed by atoms with Gasteiger partial charge in [-0.3, -0.25) is 0 Å². The summed E-state index contributed by atoms with van der Waals surface area (Å²) in [6.45, 7) is 8.10. The third-order valence-electron chi connectivity index (χ3n) is 17.7. The molecule has 0 aromatic rings. The summed E-state index contributed by atoms with van der Waals surface area (Å²) < 4.78 is 48.9. The van der Waals surface area contributed by atoms with E-state index in [1.165, 1.54) is 12.0 Å². The second-order valence-electron chi connectivity index (χ2n) is 21.1. The average molecular weight is 901 g/mol. The first-order valence-corrected chi connectivity index (χ1v) is 23.5. The third kappa shape index (κ3) is 7.81. The van der Waals surface area contributed by atoms with Crippen molar-refractivity contribution in [1.82, 2.24) is 0 Å². The predicted molar refractivity (Wildman–Crippen MR) is 216 cm³/mol. The molecule has 1 spiro atoms. The van der Waals surface area contributed by atoms with Crippen LogP contribution < -0.4 is 0 Å². The van der Waals surface area contributed by atoms with E-state index in [9.17, 15) is 51.1 Å². The molecule has 26 atom stereocenters. The first-order chi connectivity index (χ1) is 30.0. The van der Waals surface area contributed by atoms with Gasteiger partial charge in [-0.1, -0.05) is 39.3 Å². The van der Waals surface area contributed by atoms with Crippen LogP contribution in [-0.4, -0.2) is 188 Å². The average Bonchev–Trinajstić information content (AvgIpc) is 3.72. The van der Waals surface area contributed by atoms with Crippen molar-refractivity contribution in [3.63, 3.8) is 0 Å². The zero-order chi connectivity index (χ0) is 44.9. The first-order valence-electron chi connectivity index (χ1n) is 23.5. The van der Waals surface area contributed by atoms with Gasteiger partial charge in [0.2, 0.25) is 0 Å². The van der Waals surface area contributed by atoms with Gasteiger partial charge in [-0.25, -0.2) is 0 Å². The van der Waals surface area contributed by atoms with Crippen LogP contribution in [0.2, 0.25) is 0 Å². The molecule has 9 rings (SSSR count). The lowest BCUT2D eigenvalue weighted by Crippen LogP contribution is -2.67. The van der Waals surface area contributed by atoms with Crippen LogP contribution in [0.3, 0.4) is 0 Å². The van der Waals surface area contributed by atoms with Crippen molar-refractivity contribution >= 4 is 0 Å². The summed E-state index contributed by atoms with van der Waals surface area (Å²) in [4.78, 5) is 0. The SMILES string of the molecule is C[C@@H]1CC[C@@]2(OC1)O[C@H]1C[C@H]3[C@@H]4CC=C5C[C@@H](O[C@@H]6O[C@H](CO)[C@@H](O[C@@H]7O[C@H](CO)[C@@H](O)[C@H](O)[C@H]7O[C@@H]7O[C@H](CO)[C@@H](O)[C@H](O)[C@H]7O)[C@H](O)[C@H]6O)CC[C@]5(C)[C@H]4CC[C@]3(C)[C@H]1[C@@H]2C. The molecule has 0 amide bonds. The molecule has 18 nitrogen and oxygen atoms in total. The van der Waals surface area contributed by atoms with Crippen LogP contribution in [0.5, 0.6) is 0 Å². The van der Waals surface area contributed by atoms with E-state index in [1.807, 2.05) is 0 Å². The Kier molecular flexibility index (Phi) is 13.3. The van der Waals surface area contributed by atoms with E-state index >= 15 is 0 Å². The fourth-order valence-electron chi connectivity index (χ4n) is 14.1. The highest BCUT2D eigenvalue weighted by molar-refractivity contribution is 5.26. The molecule has 0 unspecified atom stereocenters. The normalized spacial score (nSPS) is 56.9. The zero-order valence-electron chi connectivity index (χ0n) is 36.8. The fourth-order valence-corrected chi connectivity index (χ4v) is 14.1. The number of aliphatic hydroxyl groups excluding tert-OH is 10. The van der Waals surface area contributed by atoms with Crippen molar-refractivity contribution in [2.24, 2.45) is 46.3 Å². The number of hydrogen-bond donors (Lipinski definition) is 10. The van der Waals surface area contributed by atoms with Crippen molar-refractivity contribution in [1.29, 1.82) is 0 Å². The Bertz CT molecular complexity index is 1630. The van der Waals surface area contributed by atoms with Gasteiger partial charge in [-0.2, -0.15) is 0 Å². The molecular weight excluding hydrogens is 828 g/mol. The highest BCUT2D eigenvalue weighted by Gasteiger charge is 2.69. The molecule has 4 aliphatic carbocycles. The van der Waals surface area contributed by atoms with Crippen LogP contribution in [0.4, 0.5) is 0 Å². The smallest absolute Gasteiger partial charge is 0.187 e. The van der Waals surface area contributed by atoms with Crippen molar-refractivity contribution < 1.29 is 89.0 Å². The second-order valence-corrected chi connectivity index (χ2v) is 21.1. The summed E-state index contributed by atoms with van der Waals surface area (Å²) in [5.41, 5.74) is 1.54. The predicted octanol–water partition coefficient (Wildman–Crippen LogP) is -0.813. The molecule has 8 fully saturated rings. The molecule has 10 N–H and O–H groups in total. The molecule has 5 heterocycles. The summed E-state index contributed by atoms with van der Waals surface area (Å²) in [5.74, 6) is 2.65. The van der Waals surface area contributed by atoms with Gasteiger partial charge in [0.15, 0.2) is 24.7 Å². The summed E-state index contributed by atoms with van der Waals surface area (Å²) in [6, 6.07) is 0. The van der Waals surface area contributed by atoms with E-state index in [4.69, 9.17) is 37.9 Å². The number of rotatable bonds is 9. The Morgan fingerprint density at radius 2 is 1.27 bits per heavy atom. The number of hydrogen-bond acceptors (Lipinski definition) is 18. The van der Waals surface area contributed by atoms with Gasteiger partial charge in [0.05, 0.1) is 38.6 Å². The number of aliphatic hydroxyl groups is 10. The maximum absolute atomic E-state index is 11.5. The lowest BCUT2D eigenvalue weighted by Gasteiger charge is -2.58. The molecule has 5 saturated heterocycles. The number of ether oxygens (including phenoxy) is 8. The second kappa shape index (κ2) is 17.8. The maximum Gasteiger partial charge on any atom is 0.187 e. The molecule has 5 aliphatic heterocycles. The Morgan fingerprint density at radius 1 is 0.651 bits per heavy atom. The molecule has 18 heteroatoms. The summed E-state index contributed by atoms with van der Waals surface area (Å²) in [6.07, 6.45) is -13.6. The minimum absolute atomic E-state index is 0.00493. The van der Waals surface area contributed by atoms with Crippen molar-refractivity contribution in [3.8, 4) is 0 Å². The zero-order valence-corrected chi connectivity index (χ0v) is 36.8. The summed E-state index contributed by atoms with van der Waals surface area (Å²) in [7, 11) is 0. The maximum atomic E-state index is 11.5. The highest BCUT2D eigenvalue weighted by Crippen LogP contribution is 2.70. The molecular formula is C45H72O18. The molecule has 0 aromatic carbocycles. The van der Waals surface area contributed by atoms with Crippen molar-refractivity contribution in [3.05, 3.63) is 11.6 Å². The Balaban J connectivity index is 0.849. The van der Waals surface area contributed by atoms with E-state index in [0.29, 0.717) is 48.3 Å². The van der Waals surface area contributed by atoms with Crippen LogP contribution >= 0.6 is 0 Å². The molecule has 63 heavy (non-hydrogen) atoms. The lowest BCUT2D eigenvalue weighted by molar-refractivity contribution is -0.390. The fraction of sp³-hybridized carbons (Fsp3) is 0.956. The Labute approximate surface area is 368 Å². The highest BCUT2D eigenvalue weighted by atomic mass is 16.8. The largest absolute Gasteiger partial charge is 0.394 e. The van der Waals surface area contributed by atoms with Crippen molar-refractivity contribution in [2.45, 2.75) is 196 Å². The van der Waals surface area contributed by atoms with E-state index in [0.717, 1.165) is 45.1 Å². The summed E-state index contributed by atoms with van der Waals surface area (Å²) in [5, 5.41) is 106. The minimum atomic E-state index is -1.89. The van der Waals surface area contributed by atoms with Gasteiger partial charge in [0.1, 0.15) is 73.2 Å². The van der Waals surface area contributed by atoms with E-state index in [2.05, 4.69) is 33.8 Å².